The molecule has 0 aromatic heterocycles. The Hall–Kier alpha value is -1.77. The van der Waals surface area contributed by atoms with Crippen molar-refractivity contribution in [2.75, 3.05) is 40.0 Å². The van der Waals surface area contributed by atoms with Crippen LogP contribution < -0.4 is 19.7 Å². The van der Waals surface area contributed by atoms with Crippen molar-refractivity contribution in [2.24, 2.45) is 0 Å². The second-order valence-electron chi connectivity index (χ2n) is 7.06. The highest BCUT2D eigenvalue weighted by molar-refractivity contribution is 7.49. The summed E-state index contributed by atoms with van der Waals surface area (Å²) in [6.45, 7) is 6.94. The molecule has 0 heterocycles. The number of anilines is 1. The molecule has 0 bridgehead atoms. The third kappa shape index (κ3) is 4.75. The van der Waals surface area contributed by atoms with E-state index in [1.54, 1.807) is 14.2 Å². The summed E-state index contributed by atoms with van der Waals surface area (Å²) in [7, 11) is 8.11. The van der Waals surface area contributed by atoms with Crippen LogP contribution >= 0.6 is 8.58 Å². The molecule has 0 fully saturated rings. The van der Waals surface area contributed by atoms with Gasteiger partial charge in [-0.15, -0.1) is 0 Å². The van der Waals surface area contributed by atoms with Gasteiger partial charge in [0.05, 0.1) is 7.11 Å². The van der Waals surface area contributed by atoms with E-state index >= 15 is 0 Å². The average molecular weight is 389 g/mol. The number of para-hydroxylation sites is 1. The predicted molar refractivity (Wildman–Crippen MR) is 117 cm³/mol. The van der Waals surface area contributed by atoms with E-state index in [-0.39, 0.29) is 11.9 Å². The van der Waals surface area contributed by atoms with Crippen molar-refractivity contribution in [1.29, 1.82) is 0 Å². The van der Waals surface area contributed by atoms with Gasteiger partial charge in [-0.2, -0.15) is 0 Å². The van der Waals surface area contributed by atoms with Crippen LogP contribution in [0, 0.1) is 6.92 Å². The minimum absolute atomic E-state index is 0.0749. The smallest absolute Gasteiger partial charge is 0.188 e. The highest BCUT2D eigenvalue weighted by Crippen LogP contribution is 2.50. The van der Waals surface area contributed by atoms with E-state index in [0.717, 1.165) is 23.5 Å². The van der Waals surface area contributed by atoms with E-state index in [2.05, 4.69) is 64.0 Å². The first-order valence-electron chi connectivity index (χ1n) is 9.22. The van der Waals surface area contributed by atoms with Gasteiger partial charge >= 0.3 is 0 Å². The Morgan fingerprint density at radius 2 is 1.78 bits per heavy atom. The van der Waals surface area contributed by atoms with Crippen LogP contribution in [0.25, 0.3) is 0 Å². The monoisotopic (exact) mass is 389 g/mol. The summed E-state index contributed by atoms with van der Waals surface area (Å²) in [5.74, 6) is 1.52. The zero-order valence-corrected chi connectivity index (χ0v) is 18.6. The van der Waals surface area contributed by atoms with E-state index in [9.17, 15) is 0 Å². The Balaban J connectivity index is 2.56. The summed E-state index contributed by atoms with van der Waals surface area (Å²) in [6.07, 6.45) is 0.989. The van der Waals surface area contributed by atoms with E-state index < -0.39 is 0 Å². The SMILES string of the molecule is CCC(C)(Pc1c(C)cccc1N(C)C)c1cccc(OC)c1OCOC. The number of rotatable bonds is 9. The Morgan fingerprint density at radius 1 is 1.07 bits per heavy atom. The summed E-state index contributed by atoms with van der Waals surface area (Å²) in [6, 6.07) is 12.6. The van der Waals surface area contributed by atoms with Crippen LogP contribution in [0.2, 0.25) is 0 Å². The summed E-state index contributed by atoms with van der Waals surface area (Å²) in [5.41, 5.74) is 3.75. The molecule has 4 nitrogen and oxygen atoms in total. The fourth-order valence-electron chi connectivity index (χ4n) is 3.19. The van der Waals surface area contributed by atoms with Gasteiger partial charge in [0.1, 0.15) is 0 Å². The van der Waals surface area contributed by atoms with Crippen molar-refractivity contribution >= 4 is 19.6 Å². The van der Waals surface area contributed by atoms with Gasteiger partial charge in [-0.25, -0.2) is 0 Å². The lowest BCUT2D eigenvalue weighted by atomic mass is 9.96. The average Bonchev–Trinajstić information content (AvgIpc) is 2.67. The molecule has 0 amide bonds. The summed E-state index contributed by atoms with van der Waals surface area (Å²) >= 11 is 0. The first-order chi connectivity index (χ1) is 12.9. The quantitative estimate of drug-likeness (QED) is 0.460. The van der Waals surface area contributed by atoms with Crippen molar-refractivity contribution < 1.29 is 14.2 Å². The predicted octanol–water partition coefficient (Wildman–Crippen LogP) is 4.68. The molecule has 0 saturated heterocycles. The third-order valence-corrected chi connectivity index (χ3v) is 7.03. The number of hydrogen-bond acceptors (Lipinski definition) is 4. The Kier molecular flexibility index (Phi) is 7.52. The topological polar surface area (TPSA) is 30.9 Å². The maximum Gasteiger partial charge on any atom is 0.188 e. The van der Waals surface area contributed by atoms with Gasteiger partial charge in [0.15, 0.2) is 18.3 Å². The molecule has 0 N–H and O–H groups in total. The minimum atomic E-state index is -0.0749. The first-order valence-corrected chi connectivity index (χ1v) is 10.2. The largest absolute Gasteiger partial charge is 0.493 e. The molecular formula is C22H32NO3P. The maximum atomic E-state index is 5.95. The molecule has 0 radical (unpaired) electrons. The Morgan fingerprint density at radius 3 is 2.37 bits per heavy atom. The van der Waals surface area contributed by atoms with Crippen molar-refractivity contribution in [3.8, 4) is 11.5 Å². The number of methoxy groups -OCH3 is 2. The van der Waals surface area contributed by atoms with Crippen LogP contribution in [0.5, 0.6) is 11.5 Å². The standard InChI is InChI=1S/C22H32NO3P/c1-8-22(3,27-21-16(2)11-9-13-18(21)23(4)5)17-12-10-14-19(25-7)20(17)26-15-24-6/h9-14,27H,8,15H2,1-7H3. The zero-order chi connectivity index (χ0) is 20.0. The highest BCUT2D eigenvalue weighted by Gasteiger charge is 2.31. The summed E-state index contributed by atoms with van der Waals surface area (Å²) in [5, 5.41) is 1.32. The molecule has 0 spiro atoms. The lowest BCUT2D eigenvalue weighted by Crippen LogP contribution is -2.24. The van der Waals surface area contributed by atoms with Crippen LogP contribution in [0.3, 0.4) is 0 Å². The van der Waals surface area contributed by atoms with Gasteiger partial charge in [-0.3, -0.25) is 0 Å². The molecule has 2 atom stereocenters. The van der Waals surface area contributed by atoms with Gasteiger partial charge in [0, 0.05) is 37.6 Å². The Bertz CT molecular complexity index is 763. The number of aryl methyl sites for hydroxylation is 1. The lowest BCUT2D eigenvalue weighted by Gasteiger charge is -2.33. The molecule has 0 aliphatic carbocycles. The highest BCUT2D eigenvalue weighted by atomic mass is 31.1. The normalized spacial score (nSPS) is 13.6. The van der Waals surface area contributed by atoms with Crippen LogP contribution in [0.1, 0.15) is 31.4 Å². The number of ether oxygens (including phenoxy) is 3. The van der Waals surface area contributed by atoms with Crippen molar-refractivity contribution in [2.45, 2.75) is 32.3 Å². The molecule has 0 aliphatic heterocycles. The number of hydrogen-bond donors (Lipinski definition) is 0. The lowest BCUT2D eigenvalue weighted by molar-refractivity contribution is 0.0480. The minimum Gasteiger partial charge on any atom is -0.493 e. The molecule has 2 unspecified atom stereocenters. The van der Waals surface area contributed by atoms with Crippen molar-refractivity contribution in [1.82, 2.24) is 0 Å². The molecule has 148 valence electrons. The van der Waals surface area contributed by atoms with E-state index in [4.69, 9.17) is 14.2 Å². The molecular weight excluding hydrogens is 357 g/mol. The van der Waals surface area contributed by atoms with Crippen LogP contribution in [-0.4, -0.2) is 35.1 Å². The van der Waals surface area contributed by atoms with Crippen molar-refractivity contribution in [3.63, 3.8) is 0 Å². The van der Waals surface area contributed by atoms with Crippen LogP contribution in [0.4, 0.5) is 5.69 Å². The van der Waals surface area contributed by atoms with Crippen molar-refractivity contribution in [3.05, 3.63) is 47.5 Å². The van der Waals surface area contributed by atoms with Crippen LogP contribution in [0.15, 0.2) is 36.4 Å². The zero-order valence-electron chi connectivity index (χ0n) is 17.6. The Labute approximate surface area is 165 Å². The maximum absolute atomic E-state index is 5.95. The summed E-state index contributed by atoms with van der Waals surface area (Å²) in [4.78, 5) is 2.19. The van der Waals surface area contributed by atoms with Crippen LogP contribution in [-0.2, 0) is 9.89 Å². The van der Waals surface area contributed by atoms with Gasteiger partial charge in [0.2, 0.25) is 0 Å². The van der Waals surface area contributed by atoms with Gasteiger partial charge < -0.3 is 19.1 Å². The van der Waals surface area contributed by atoms with Gasteiger partial charge in [-0.05, 0) is 36.3 Å². The first kappa shape index (κ1) is 21.5. The number of benzene rings is 2. The number of nitrogens with zero attached hydrogens (tertiary/aromatic N) is 1. The molecule has 0 aliphatic rings. The second-order valence-corrected chi connectivity index (χ2v) is 8.92. The summed E-state index contributed by atoms with van der Waals surface area (Å²) < 4.78 is 16.7. The molecule has 2 aromatic rings. The van der Waals surface area contributed by atoms with Gasteiger partial charge in [0.25, 0.3) is 0 Å². The van der Waals surface area contributed by atoms with E-state index in [1.165, 1.54) is 16.6 Å². The third-order valence-electron chi connectivity index (χ3n) is 4.95. The molecule has 2 rings (SSSR count). The van der Waals surface area contributed by atoms with E-state index in [0.29, 0.717) is 8.58 Å². The second kappa shape index (κ2) is 9.43. The molecule has 0 saturated carbocycles. The molecule has 5 heteroatoms. The fraction of sp³-hybridized carbons (Fsp3) is 0.455. The fourth-order valence-corrected chi connectivity index (χ4v) is 4.96. The van der Waals surface area contributed by atoms with E-state index in [1.807, 2.05) is 12.1 Å². The molecule has 27 heavy (non-hydrogen) atoms. The molecule has 2 aromatic carbocycles. The van der Waals surface area contributed by atoms with Gasteiger partial charge in [-0.1, -0.05) is 46.7 Å².